The second-order valence-corrected chi connectivity index (χ2v) is 6.58. The number of rotatable bonds is 5. The van der Waals surface area contributed by atoms with Crippen molar-refractivity contribution in [3.8, 4) is 0 Å². The SMILES string of the molecule is CCc1nn(C)cc1CNS(=O)(=O)c1c(N)nn(C)c1C. The average Bonchev–Trinajstić information content (AvgIpc) is 2.88. The molecule has 0 aliphatic rings. The lowest BCUT2D eigenvalue weighted by Gasteiger charge is -2.06. The summed E-state index contributed by atoms with van der Waals surface area (Å²) >= 11 is 0. The molecule has 3 N–H and O–H groups in total. The molecule has 2 rings (SSSR count). The van der Waals surface area contributed by atoms with Crippen LogP contribution in [-0.2, 0) is 37.1 Å². The smallest absolute Gasteiger partial charge is 0.246 e. The van der Waals surface area contributed by atoms with E-state index >= 15 is 0 Å². The number of aryl methyl sites for hydroxylation is 3. The van der Waals surface area contributed by atoms with Gasteiger partial charge in [0.05, 0.1) is 11.4 Å². The fourth-order valence-electron chi connectivity index (χ4n) is 2.22. The lowest BCUT2D eigenvalue weighted by Crippen LogP contribution is -2.24. The van der Waals surface area contributed by atoms with Crippen LogP contribution in [-0.4, -0.2) is 28.0 Å². The summed E-state index contributed by atoms with van der Waals surface area (Å²) in [4.78, 5) is 0.0342. The largest absolute Gasteiger partial charge is 0.381 e. The maximum Gasteiger partial charge on any atom is 0.246 e. The molecule has 2 heterocycles. The molecule has 2 aromatic rings. The van der Waals surface area contributed by atoms with Crippen molar-refractivity contribution >= 4 is 15.8 Å². The zero-order chi connectivity index (χ0) is 15.8. The van der Waals surface area contributed by atoms with Crippen molar-refractivity contribution in [3.63, 3.8) is 0 Å². The van der Waals surface area contributed by atoms with Gasteiger partial charge in [-0.2, -0.15) is 10.2 Å². The lowest BCUT2D eigenvalue weighted by atomic mass is 10.2. The van der Waals surface area contributed by atoms with Gasteiger partial charge >= 0.3 is 0 Å². The minimum atomic E-state index is -3.71. The summed E-state index contributed by atoms with van der Waals surface area (Å²) in [5, 5.41) is 8.21. The number of nitrogens with zero attached hydrogens (tertiary/aromatic N) is 4. The standard InChI is InChI=1S/C12H20N6O2S/c1-5-10-9(7-17(3)15-10)6-14-21(19,20)11-8(2)18(4)16-12(11)13/h7,14H,5-6H2,1-4H3,(H2,13,16). The number of anilines is 1. The van der Waals surface area contributed by atoms with Crippen molar-refractivity contribution in [3.05, 3.63) is 23.1 Å². The molecule has 0 unspecified atom stereocenters. The number of hydrogen-bond donors (Lipinski definition) is 2. The van der Waals surface area contributed by atoms with E-state index in [9.17, 15) is 8.42 Å². The summed E-state index contributed by atoms with van der Waals surface area (Å²) in [6, 6.07) is 0. The van der Waals surface area contributed by atoms with E-state index in [1.807, 2.05) is 6.92 Å². The van der Waals surface area contributed by atoms with Gasteiger partial charge in [0.1, 0.15) is 4.90 Å². The lowest BCUT2D eigenvalue weighted by molar-refractivity contribution is 0.580. The predicted octanol–water partition coefficient (Wildman–Crippen LogP) is 0.0851. The van der Waals surface area contributed by atoms with Gasteiger partial charge in [0.2, 0.25) is 10.0 Å². The van der Waals surface area contributed by atoms with Crippen LogP contribution in [0.25, 0.3) is 0 Å². The molecule has 0 radical (unpaired) electrons. The summed E-state index contributed by atoms with van der Waals surface area (Å²) in [5.41, 5.74) is 7.91. The van der Waals surface area contributed by atoms with E-state index in [-0.39, 0.29) is 17.3 Å². The number of nitrogen functional groups attached to an aromatic ring is 1. The molecule has 8 nitrogen and oxygen atoms in total. The zero-order valence-corrected chi connectivity index (χ0v) is 13.4. The van der Waals surface area contributed by atoms with Crippen molar-refractivity contribution in [1.82, 2.24) is 24.3 Å². The average molecular weight is 312 g/mol. The molecule has 0 fully saturated rings. The minimum absolute atomic E-state index is 0.00408. The number of sulfonamides is 1. The molecule has 21 heavy (non-hydrogen) atoms. The maximum absolute atomic E-state index is 12.4. The van der Waals surface area contributed by atoms with Crippen LogP contribution in [0.2, 0.25) is 0 Å². The summed E-state index contributed by atoms with van der Waals surface area (Å²) in [6.07, 6.45) is 2.55. The van der Waals surface area contributed by atoms with Crippen molar-refractivity contribution in [1.29, 1.82) is 0 Å². The monoisotopic (exact) mass is 312 g/mol. The topological polar surface area (TPSA) is 108 Å². The van der Waals surface area contributed by atoms with Crippen LogP contribution in [0.15, 0.2) is 11.1 Å². The zero-order valence-electron chi connectivity index (χ0n) is 12.6. The summed E-state index contributed by atoms with van der Waals surface area (Å²) in [5.74, 6) is 0.00408. The van der Waals surface area contributed by atoms with Crippen molar-refractivity contribution in [2.45, 2.75) is 31.7 Å². The van der Waals surface area contributed by atoms with Crippen LogP contribution >= 0.6 is 0 Å². The highest BCUT2D eigenvalue weighted by Crippen LogP contribution is 2.21. The van der Waals surface area contributed by atoms with Crippen LogP contribution in [0.4, 0.5) is 5.82 Å². The quantitative estimate of drug-likeness (QED) is 0.813. The van der Waals surface area contributed by atoms with Gasteiger partial charge in [-0.15, -0.1) is 0 Å². The van der Waals surface area contributed by atoms with Crippen LogP contribution < -0.4 is 10.5 Å². The van der Waals surface area contributed by atoms with Crippen LogP contribution in [0.3, 0.4) is 0 Å². The third-order valence-corrected chi connectivity index (χ3v) is 4.92. The van der Waals surface area contributed by atoms with E-state index in [1.54, 1.807) is 31.9 Å². The molecule has 0 atom stereocenters. The Hall–Kier alpha value is -1.87. The maximum atomic E-state index is 12.4. The molecular weight excluding hydrogens is 292 g/mol. The van der Waals surface area contributed by atoms with E-state index in [0.29, 0.717) is 5.69 Å². The molecule has 9 heteroatoms. The van der Waals surface area contributed by atoms with Crippen molar-refractivity contribution in [2.24, 2.45) is 14.1 Å². The second-order valence-electron chi connectivity index (χ2n) is 4.88. The second kappa shape index (κ2) is 5.49. The highest BCUT2D eigenvalue weighted by Gasteiger charge is 2.24. The molecule has 0 aliphatic carbocycles. The molecule has 0 saturated heterocycles. The first-order valence-corrected chi connectivity index (χ1v) is 8.04. The van der Waals surface area contributed by atoms with Crippen LogP contribution in [0.1, 0.15) is 23.9 Å². The molecule has 2 aromatic heterocycles. The van der Waals surface area contributed by atoms with E-state index in [0.717, 1.165) is 17.7 Å². The Balaban J connectivity index is 2.26. The molecule has 0 amide bonds. The van der Waals surface area contributed by atoms with Crippen LogP contribution in [0.5, 0.6) is 0 Å². The van der Waals surface area contributed by atoms with Crippen molar-refractivity contribution < 1.29 is 8.42 Å². The first-order valence-electron chi connectivity index (χ1n) is 6.56. The van der Waals surface area contributed by atoms with E-state index in [1.165, 1.54) is 4.68 Å². The van der Waals surface area contributed by atoms with Gasteiger partial charge in [-0.05, 0) is 13.3 Å². The van der Waals surface area contributed by atoms with Gasteiger partial charge in [0.25, 0.3) is 0 Å². The first kappa shape index (κ1) is 15.5. The molecular formula is C12H20N6O2S. The molecule has 116 valence electrons. The van der Waals surface area contributed by atoms with Gasteiger partial charge in [0, 0.05) is 32.4 Å². The number of nitrogens with one attached hydrogen (secondary N) is 1. The molecule has 0 aliphatic heterocycles. The molecule has 0 bridgehead atoms. The fraction of sp³-hybridized carbons (Fsp3) is 0.500. The highest BCUT2D eigenvalue weighted by molar-refractivity contribution is 7.89. The highest BCUT2D eigenvalue weighted by atomic mass is 32.2. The predicted molar refractivity (Wildman–Crippen MR) is 79.0 cm³/mol. The van der Waals surface area contributed by atoms with Crippen LogP contribution in [0, 0.1) is 6.92 Å². The number of aromatic nitrogens is 4. The fourth-order valence-corrected chi connectivity index (χ4v) is 3.55. The minimum Gasteiger partial charge on any atom is -0.381 e. The summed E-state index contributed by atoms with van der Waals surface area (Å²) in [7, 11) is -0.250. The third kappa shape index (κ3) is 2.93. The van der Waals surface area contributed by atoms with Gasteiger partial charge in [0.15, 0.2) is 5.82 Å². The number of nitrogens with two attached hydrogens (primary N) is 1. The Morgan fingerprint density at radius 3 is 2.52 bits per heavy atom. The van der Waals surface area contributed by atoms with E-state index < -0.39 is 10.0 Å². The number of hydrogen-bond acceptors (Lipinski definition) is 5. The van der Waals surface area contributed by atoms with E-state index in [4.69, 9.17) is 5.73 Å². The Morgan fingerprint density at radius 2 is 2.00 bits per heavy atom. The molecule has 0 spiro atoms. The van der Waals surface area contributed by atoms with Gasteiger partial charge < -0.3 is 5.73 Å². The summed E-state index contributed by atoms with van der Waals surface area (Å²) < 4.78 is 30.5. The molecule has 0 aromatic carbocycles. The molecule has 0 saturated carbocycles. The van der Waals surface area contributed by atoms with Gasteiger partial charge in [-0.3, -0.25) is 9.36 Å². The van der Waals surface area contributed by atoms with Gasteiger partial charge in [-0.1, -0.05) is 6.92 Å². The van der Waals surface area contributed by atoms with E-state index in [2.05, 4.69) is 14.9 Å². The normalized spacial score (nSPS) is 12.0. The Morgan fingerprint density at radius 1 is 1.33 bits per heavy atom. The van der Waals surface area contributed by atoms with Gasteiger partial charge in [-0.25, -0.2) is 13.1 Å². The summed E-state index contributed by atoms with van der Waals surface area (Å²) in [6.45, 7) is 3.82. The Bertz CT molecular complexity index is 759. The Labute approximate surface area is 124 Å². The third-order valence-electron chi connectivity index (χ3n) is 3.35. The first-order chi connectivity index (χ1) is 9.76. The van der Waals surface area contributed by atoms with Crippen molar-refractivity contribution in [2.75, 3.05) is 5.73 Å². The Kier molecular flexibility index (Phi) is 4.06.